The molecule has 0 aromatic carbocycles. The molecule has 0 saturated carbocycles. The maximum absolute atomic E-state index is 12.1. The third kappa shape index (κ3) is 3.45. The molecule has 1 aromatic heterocycles. The monoisotopic (exact) mass is 325 g/mol. The van der Waals surface area contributed by atoms with E-state index in [0.717, 1.165) is 10.4 Å². The molecule has 1 unspecified atom stereocenters. The van der Waals surface area contributed by atoms with Crippen LogP contribution in [-0.4, -0.2) is 44.0 Å². The van der Waals surface area contributed by atoms with Crippen LogP contribution in [0, 0.1) is 13.8 Å². The Kier molecular flexibility index (Phi) is 5.15. The van der Waals surface area contributed by atoms with E-state index in [1.54, 1.807) is 0 Å². The number of carbonyl (C=O) groups is 3. The van der Waals surface area contributed by atoms with Crippen molar-refractivity contribution in [2.45, 2.75) is 26.3 Å². The Morgan fingerprint density at radius 3 is 2.73 bits per heavy atom. The Bertz CT molecular complexity index is 611. The molecule has 0 bridgehead atoms. The zero-order valence-corrected chi connectivity index (χ0v) is 13.6. The molecule has 1 saturated heterocycles. The van der Waals surface area contributed by atoms with E-state index in [0.29, 0.717) is 23.7 Å². The fourth-order valence-corrected chi connectivity index (χ4v) is 3.30. The van der Waals surface area contributed by atoms with Gasteiger partial charge in [0, 0.05) is 18.0 Å². The largest absolute Gasteiger partial charge is 0.465 e. The van der Waals surface area contributed by atoms with Gasteiger partial charge in [0.25, 0.3) is 0 Å². The van der Waals surface area contributed by atoms with Gasteiger partial charge in [-0.1, -0.05) is 0 Å². The Labute approximate surface area is 132 Å². The lowest BCUT2D eigenvalue weighted by Crippen LogP contribution is -2.53. The van der Waals surface area contributed by atoms with Crippen LogP contribution in [0.2, 0.25) is 0 Å². The summed E-state index contributed by atoms with van der Waals surface area (Å²) in [4.78, 5) is 36.6. The van der Waals surface area contributed by atoms with E-state index < -0.39 is 12.0 Å². The first-order chi connectivity index (χ1) is 10.4. The van der Waals surface area contributed by atoms with E-state index in [9.17, 15) is 14.4 Å². The van der Waals surface area contributed by atoms with Crippen LogP contribution in [-0.2, 0) is 14.3 Å². The third-order valence-corrected chi connectivity index (χ3v) is 4.67. The highest BCUT2D eigenvalue weighted by molar-refractivity contribution is 7.16. The summed E-state index contributed by atoms with van der Waals surface area (Å²) >= 11 is 1.32. The van der Waals surface area contributed by atoms with Gasteiger partial charge in [-0.15, -0.1) is 11.3 Å². The molecule has 3 N–H and O–H groups in total. The van der Waals surface area contributed by atoms with Crippen LogP contribution < -0.4 is 16.0 Å². The lowest BCUT2D eigenvalue weighted by atomic mass is 10.1. The summed E-state index contributed by atoms with van der Waals surface area (Å²) in [6.45, 7) is 4.88. The van der Waals surface area contributed by atoms with Crippen molar-refractivity contribution in [1.29, 1.82) is 0 Å². The van der Waals surface area contributed by atoms with E-state index in [-0.39, 0.29) is 18.2 Å². The molecule has 22 heavy (non-hydrogen) atoms. The van der Waals surface area contributed by atoms with Crippen molar-refractivity contribution in [3.05, 3.63) is 16.0 Å². The first kappa shape index (κ1) is 16.4. The average molecular weight is 325 g/mol. The molecule has 7 nitrogen and oxygen atoms in total. The second kappa shape index (κ2) is 6.89. The number of carbonyl (C=O) groups excluding carboxylic acids is 3. The van der Waals surface area contributed by atoms with E-state index in [4.69, 9.17) is 4.74 Å². The van der Waals surface area contributed by atoms with Crippen LogP contribution in [0.25, 0.3) is 0 Å². The van der Waals surface area contributed by atoms with E-state index in [1.165, 1.54) is 18.4 Å². The second-order valence-electron chi connectivity index (χ2n) is 5.03. The van der Waals surface area contributed by atoms with E-state index in [1.807, 2.05) is 13.8 Å². The van der Waals surface area contributed by atoms with Gasteiger partial charge >= 0.3 is 5.97 Å². The van der Waals surface area contributed by atoms with Crippen LogP contribution in [0.4, 0.5) is 5.00 Å². The number of methoxy groups -OCH3 is 1. The molecule has 0 radical (unpaired) electrons. The van der Waals surface area contributed by atoms with Crippen molar-refractivity contribution >= 4 is 34.1 Å². The van der Waals surface area contributed by atoms with Crippen molar-refractivity contribution in [1.82, 2.24) is 10.6 Å². The number of hydrogen-bond acceptors (Lipinski definition) is 6. The van der Waals surface area contributed by atoms with Gasteiger partial charge in [-0.3, -0.25) is 9.59 Å². The summed E-state index contributed by atoms with van der Waals surface area (Å²) in [6, 6.07) is -0.544. The van der Waals surface area contributed by atoms with Crippen molar-refractivity contribution in [3.8, 4) is 0 Å². The summed E-state index contributed by atoms with van der Waals surface area (Å²) in [5, 5.41) is 8.87. The minimum absolute atomic E-state index is 0.0163. The predicted molar refractivity (Wildman–Crippen MR) is 83.2 cm³/mol. The van der Waals surface area contributed by atoms with Crippen LogP contribution >= 0.6 is 11.3 Å². The SMILES string of the molecule is COC(=O)c1c(NC(=O)CC2NCCNC2=O)sc(C)c1C. The van der Waals surface area contributed by atoms with Crippen molar-refractivity contribution in [3.63, 3.8) is 0 Å². The summed E-state index contributed by atoms with van der Waals surface area (Å²) in [6.07, 6.45) is 0.0163. The minimum Gasteiger partial charge on any atom is -0.465 e. The maximum Gasteiger partial charge on any atom is 0.341 e. The quantitative estimate of drug-likeness (QED) is 0.703. The number of ether oxygens (including phenoxy) is 1. The topological polar surface area (TPSA) is 96.5 Å². The fraction of sp³-hybridized carbons (Fsp3) is 0.500. The third-order valence-electron chi connectivity index (χ3n) is 3.55. The van der Waals surface area contributed by atoms with E-state index >= 15 is 0 Å². The van der Waals surface area contributed by atoms with Gasteiger partial charge in [-0.2, -0.15) is 0 Å². The van der Waals surface area contributed by atoms with Crippen LogP contribution in [0.5, 0.6) is 0 Å². The lowest BCUT2D eigenvalue weighted by Gasteiger charge is -2.22. The Morgan fingerprint density at radius 2 is 2.09 bits per heavy atom. The highest BCUT2D eigenvalue weighted by Gasteiger charge is 2.26. The lowest BCUT2D eigenvalue weighted by molar-refractivity contribution is -0.127. The zero-order valence-electron chi connectivity index (χ0n) is 12.7. The number of anilines is 1. The summed E-state index contributed by atoms with van der Waals surface area (Å²) < 4.78 is 4.76. The molecule has 1 aliphatic rings. The fourth-order valence-electron chi connectivity index (χ4n) is 2.24. The smallest absolute Gasteiger partial charge is 0.341 e. The molecule has 0 spiro atoms. The zero-order chi connectivity index (χ0) is 16.3. The van der Waals surface area contributed by atoms with E-state index in [2.05, 4.69) is 16.0 Å². The molecule has 1 atom stereocenters. The summed E-state index contributed by atoms with van der Waals surface area (Å²) in [5.41, 5.74) is 1.17. The molecule has 1 aromatic rings. The number of rotatable bonds is 4. The molecule has 120 valence electrons. The Morgan fingerprint density at radius 1 is 1.36 bits per heavy atom. The molecule has 1 aliphatic heterocycles. The molecule has 1 fully saturated rings. The molecule has 2 amide bonds. The molecular formula is C14H19N3O4S. The van der Waals surface area contributed by atoms with Gasteiger partial charge in [0.15, 0.2) is 0 Å². The molecule has 2 rings (SSSR count). The first-order valence-electron chi connectivity index (χ1n) is 6.93. The highest BCUT2D eigenvalue weighted by atomic mass is 32.1. The Balaban J connectivity index is 2.10. The van der Waals surface area contributed by atoms with Gasteiger partial charge in [0.1, 0.15) is 5.00 Å². The summed E-state index contributed by atoms with van der Waals surface area (Å²) in [7, 11) is 1.30. The second-order valence-corrected chi connectivity index (χ2v) is 6.25. The van der Waals surface area contributed by atoms with Crippen molar-refractivity contribution in [2.75, 3.05) is 25.5 Å². The number of esters is 1. The Hall–Kier alpha value is -1.93. The standard InChI is InChI=1S/C14H19N3O4S/c1-7-8(2)22-13(11(7)14(20)21-3)17-10(18)6-9-12(19)16-5-4-15-9/h9,15H,4-6H2,1-3H3,(H,16,19)(H,17,18). The molecule has 2 heterocycles. The number of aryl methyl sites for hydroxylation is 1. The van der Waals surface area contributed by atoms with Crippen LogP contribution in [0.3, 0.4) is 0 Å². The minimum atomic E-state index is -0.544. The maximum atomic E-state index is 12.1. The van der Waals surface area contributed by atoms with Crippen LogP contribution in [0.15, 0.2) is 0 Å². The summed E-state index contributed by atoms with van der Waals surface area (Å²) in [5.74, 6) is -0.986. The highest BCUT2D eigenvalue weighted by Crippen LogP contribution is 2.33. The number of piperazine rings is 1. The normalized spacial score (nSPS) is 17.8. The van der Waals surface area contributed by atoms with Crippen LogP contribution in [0.1, 0.15) is 27.2 Å². The molecule has 0 aliphatic carbocycles. The van der Waals surface area contributed by atoms with Gasteiger partial charge < -0.3 is 20.7 Å². The van der Waals surface area contributed by atoms with Gasteiger partial charge in [0.2, 0.25) is 11.8 Å². The number of amides is 2. The number of nitrogens with one attached hydrogen (secondary N) is 3. The number of thiophene rings is 1. The predicted octanol–water partition coefficient (Wildman–Crippen LogP) is 0.568. The van der Waals surface area contributed by atoms with Gasteiger partial charge in [0.05, 0.1) is 25.1 Å². The number of hydrogen-bond donors (Lipinski definition) is 3. The van der Waals surface area contributed by atoms with Crippen molar-refractivity contribution in [2.24, 2.45) is 0 Å². The molecular weight excluding hydrogens is 306 g/mol. The van der Waals surface area contributed by atoms with Gasteiger partial charge in [-0.25, -0.2) is 4.79 Å². The molecule has 8 heteroatoms. The van der Waals surface area contributed by atoms with Gasteiger partial charge in [-0.05, 0) is 19.4 Å². The first-order valence-corrected chi connectivity index (χ1v) is 7.75. The van der Waals surface area contributed by atoms with Crippen molar-refractivity contribution < 1.29 is 19.1 Å². The average Bonchev–Trinajstić information content (AvgIpc) is 2.75.